The van der Waals surface area contributed by atoms with E-state index in [4.69, 9.17) is 9.47 Å². The molecule has 2 aromatic rings. The van der Waals surface area contributed by atoms with E-state index in [-0.39, 0.29) is 0 Å². The van der Waals surface area contributed by atoms with Crippen LogP contribution in [-0.4, -0.2) is 40.4 Å². The molecule has 2 aliphatic rings. The molecule has 4 nitrogen and oxygen atoms in total. The summed E-state index contributed by atoms with van der Waals surface area (Å²) in [5.74, 6) is 0. The van der Waals surface area contributed by atoms with E-state index < -0.39 is 0 Å². The molecule has 2 aromatic heterocycles. The quantitative estimate of drug-likeness (QED) is 0.779. The number of rotatable bonds is 6. The molecule has 0 amide bonds. The van der Waals surface area contributed by atoms with Gasteiger partial charge in [-0.25, -0.2) is 0 Å². The first-order valence-electron chi connectivity index (χ1n) is 9.48. The minimum atomic E-state index is 0.344. The van der Waals surface area contributed by atoms with Crippen molar-refractivity contribution >= 4 is 22.7 Å². The number of hydrogen-bond donors (Lipinski definition) is 2. The Kier molecular flexibility index (Phi) is 8.10. The molecule has 2 aliphatic heterocycles. The van der Waals surface area contributed by atoms with Gasteiger partial charge in [-0.3, -0.25) is 0 Å². The van der Waals surface area contributed by atoms with E-state index in [9.17, 15) is 0 Å². The third-order valence-electron chi connectivity index (χ3n) is 4.84. The highest BCUT2D eigenvalue weighted by Crippen LogP contribution is 2.34. The molecule has 0 saturated heterocycles. The van der Waals surface area contributed by atoms with Gasteiger partial charge in [0.1, 0.15) is 0 Å². The molecule has 0 fully saturated rings. The Morgan fingerprint density at radius 2 is 1.31 bits per heavy atom. The summed E-state index contributed by atoms with van der Waals surface area (Å²) >= 11 is 3.66. The molecule has 0 radical (unpaired) electrons. The second-order valence-corrected chi connectivity index (χ2v) is 8.52. The first-order chi connectivity index (χ1) is 12.8. The summed E-state index contributed by atoms with van der Waals surface area (Å²) < 4.78 is 11.5. The van der Waals surface area contributed by atoms with Crippen molar-refractivity contribution < 1.29 is 9.47 Å². The maximum atomic E-state index is 5.74. The lowest BCUT2D eigenvalue weighted by Crippen LogP contribution is -2.18. The van der Waals surface area contributed by atoms with Crippen LogP contribution in [0.1, 0.15) is 45.9 Å². The van der Waals surface area contributed by atoms with Crippen molar-refractivity contribution in [2.24, 2.45) is 0 Å². The Labute approximate surface area is 164 Å². The van der Waals surface area contributed by atoms with Crippen LogP contribution in [0.3, 0.4) is 0 Å². The van der Waals surface area contributed by atoms with Crippen LogP contribution in [0.5, 0.6) is 0 Å². The maximum Gasteiger partial charge on any atom is 0.0931 e. The van der Waals surface area contributed by atoms with Crippen molar-refractivity contribution in [3.05, 3.63) is 43.8 Å². The first kappa shape index (κ1) is 20.0. The maximum absolute atomic E-state index is 5.74. The molecular weight excluding hydrogens is 364 g/mol. The molecule has 0 bridgehead atoms. The summed E-state index contributed by atoms with van der Waals surface area (Å²) in [4.78, 5) is 2.89. The summed E-state index contributed by atoms with van der Waals surface area (Å²) in [5.41, 5.74) is 3.00. The van der Waals surface area contributed by atoms with Crippen LogP contribution in [0, 0.1) is 0 Å². The van der Waals surface area contributed by atoms with Gasteiger partial charge >= 0.3 is 0 Å². The fraction of sp³-hybridized carbons (Fsp3) is 0.600. The minimum Gasteiger partial charge on any atom is -0.372 e. The van der Waals surface area contributed by atoms with Gasteiger partial charge in [-0.1, -0.05) is 0 Å². The largest absolute Gasteiger partial charge is 0.372 e. The smallest absolute Gasteiger partial charge is 0.0931 e. The predicted molar refractivity (Wildman–Crippen MR) is 111 cm³/mol. The first-order valence-corrected chi connectivity index (χ1v) is 11.2. The van der Waals surface area contributed by atoms with Gasteiger partial charge in [-0.05, 0) is 86.9 Å². The van der Waals surface area contributed by atoms with Gasteiger partial charge in [0.05, 0.1) is 25.4 Å². The zero-order chi connectivity index (χ0) is 18.2. The van der Waals surface area contributed by atoms with E-state index in [2.05, 4.69) is 33.5 Å². The molecule has 0 saturated carbocycles. The number of fused-ring (bicyclic) bond motifs is 2. The van der Waals surface area contributed by atoms with Crippen LogP contribution in [0.2, 0.25) is 0 Å². The number of thiophene rings is 2. The summed E-state index contributed by atoms with van der Waals surface area (Å²) in [6, 6.07) is 4.46. The Balaban J connectivity index is 0.000000151. The van der Waals surface area contributed by atoms with E-state index in [0.29, 0.717) is 12.2 Å². The molecule has 0 aliphatic carbocycles. The molecule has 4 rings (SSSR count). The Bertz CT molecular complexity index is 600. The molecular formula is C20H30N2O2S2. The molecule has 4 heterocycles. The molecule has 0 spiro atoms. The molecule has 144 valence electrons. The van der Waals surface area contributed by atoms with Crippen LogP contribution in [-0.2, 0) is 22.3 Å². The summed E-state index contributed by atoms with van der Waals surface area (Å²) in [7, 11) is 3.97. The lowest BCUT2D eigenvalue weighted by molar-refractivity contribution is 0.0400. The zero-order valence-electron chi connectivity index (χ0n) is 15.8. The van der Waals surface area contributed by atoms with Crippen molar-refractivity contribution in [1.29, 1.82) is 0 Å². The fourth-order valence-electron chi connectivity index (χ4n) is 3.43. The molecule has 6 heteroatoms. The Morgan fingerprint density at radius 1 is 0.846 bits per heavy atom. The summed E-state index contributed by atoms with van der Waals surface area (Å²) in [5, 5.41) is 10.7. The average Bonchev–Trinajstić information content (AvgIpc) is 3.34. The van der Waals surface area contributed by atoms with E-state index in [1.807, 2.05) is 36.8 Å². The van der Waals surface area contributed by atoms with Crippen molar-refractivity contribution in [2.45, 2.75) is 37.9 Å². The van der Waals surface area contributed by atoms with Crippen LogP contribution in [0.15, 0.2) is 22.9 Å². The van der Waals surface area contributed by atoms with Crippen molar-refractivity contribution in [3.63, 3.8) is 0 Å². The van der Waals surface area contributed by atoms with Gasteiger partial charge in [0, 0.05) is 9.75 Å². The summed E-state index contributed by atoms with van der Waals surface area (Å²) in [6.45, 7) is 3.83. The third kappa shape index (κ3) is 5.15. The average molecular weight is 395 g/mol. The van der Waals surface area contributed by atoms with Crippen LogP contribution >= 0.6 is 22.7 Å². The predicted octanol–water partition coefficient (Wildman–Crippen LogP) is 3.94. The molecule has 26 heavy (non-hydrogen) atoms. The minimum absolute atomic E-state index is 0.344. The highest BCUT2D eigenvalue weighted by molar-refractivity contribution is 7.10. The second kappa shape index (κ2) is 10.5. The van der Waals surface area contributed by atoms with Gasteiger partial charge < -0.3 is 20.1 Å². The Morgan fingerprint density at radius 3 is 1.73 bits per heavy atom. The monoisotopic (exact) mass is 394 g/mol. The summed E-state index contributed by atoms with van der Waals surface area (Å²) in [6.07, 6.45) is 5.05. The van der Waals surface area contributed by atoms with E-state index >= 15 is 0 Å². The molecule has 0 aromatic carbocycles. The zero-order valence-corrected chi connectivity index (χ0v) is 17.4. The van der Waals surface area contributed by atoms with Crippen molar-refractivity contribution in [1.82, 2.24) is 10.6 Å². The second-order valence-electron chi connectivity index (χ2n) is 6.62. The lowest BCUT2D eigenvalue weighted by Gasteiger charge is -2.22. The van der Waals surface area contributed by atoms with Crippen LogP contribution in [0.4, 0.5) is 0 Å². The van der Waals surface area contributed by atoms with Gasteiger partial charge in [-0.15, -0.1) is 22.7 Å². The normalized spacial score (nSPS) is 21.5. The fourth-order valence-corrected chi connectivity index (χ4v) is 5.50. The van der Waals surface area contributed by atoms with Crippen molar-refractivity contribution in [2.75, 3.05) is 40.4 Å². The standard InChI is InChI=1S/2C10H15NOS/c2*1-11-5-2-9-10-8(3-6-12-9)4-7-13-10/h2*4,7,9,11H,2-3,5-6H2,1H3. The topological polar surface area (TPSA) is 42.5 Å². The van der Waals surface area contributed by atoms with Gasteiger partial charge in [0.25, 0.3) is 0 Å². The van der Waals surface area contributed by atoms with Crippen molar-refractivity contribution in [3.8, 4) is 0 Å². The SMILES string of the molecule is CNCCC1OCCc2ccsc21.CNCCC1OCCc2ccsc21. The number of hydrogen-bond acceptors (Lipinski definition) is 6. The highest BCUT2D eigenvalue weighted by atomic mass is 32.1. The van der Waals surface area contributed by atoms with Crippen LogP contribution in [0.25, 0.3) is 0 Å². The Hall–Kier alpha value is -0.760. The van der Waals surface area contributed by atoms with Crippen LogP contribution < -0.4 is 10.6 Å². The lowest BCUT2D eigenvalue weighted by atomic mass is 10.1. The van der Waals surface area contributed by atoms with Gasteiger partial charge in [0.2, 0.25) is 0 Å². The number of nitrogens with one attached hydrogen (secondary N) is 2. The molecule has 2 unspecified atom stereocenters. The van der Waals surface area contributed by atoms with E-state index in [1.165, 1.54) is 20.9 Å². The highest BCUT2D eigenvalue weighted by Gasteiger charge is 2.22. The molecule has 2 N–H and O–H groups in total. The van der Waals surface area contributed by atoms with E-state index in [0.717, 1.165) is 52.0 Å². The van der Waals surface area contributed by atoms with E-state index in [1.54, 1.807) is 0 Å². The molecule has 2 atom stereocenters. The van der Waals surface area contributed by atoms with Gasteiger partial charge in [-0.2, -0.15) is 0 Å². The van der Waals surface area contributed by atoms with Gasteiger partial charge in [0.15, 0.2) is 0 Å². The number of ether oxygens (including phenoxy) is 2. The third-order valence-corrected chi connectivity index (χ3v) is 6.94.